The van der Waals surface area contributed by atoms with Crippen molar-refractivity contribution in [2.75, 3.05) is 5.75 Å². The molecule has 0 N–H and O–H groups in total. The highest BCUT2D eigenvalue weighted by molar-refractivity contribution is 9.10. The number of hydrogen-bond donors (Lipinski definition) is 0. The molecule has 0 radical (unpaired) electrons. The largest absolute Gasteiger partial charge is 0.293 e. The normalized spacial score (nSPS) is 11.3. The van der Waals surface area contributed by atoms with Crippen LogP contribution in [0.4, 0.5) is 0 Å². The molecule has 2 aromatic rings. The quantitative estimate of drug-likeness (QED) is 0.760. The van der Waals surface area contributed by atoms with Crippen molar-refractivity contribution in [3.63, 3.8) is 0 Å². The van der Waals surface area contributed by atoms with Crippen molar-refractivity contribution in [2.24, 2.45) is 0 Å². The first kappa shape index (κ1) is 15.9. The lowest BCUT2D eigenvalue weighted by Gasteiger charge is -2.05. The minimum Gasteiger partial charge on any atom is -0.293 e. The Labute approximate surface area is 133 Å². The van der Waals surface area contributed by atoms with Crippen molar-refractivity contribution in [3.05, 3.63) is 69.7 Å². The molecule has 110 valence electrons. The SMILES string of the molecule is Cc1cccc(CS(=O)(=O)CC(=O)c2cccc(Br)c2)c1. The standard InChI is InChI=1S/C16H15BrO3S/c1-12-4-2-5-13(8-12)10-21(19,20)11-16(18)14-6-3-7-15(17)9-14/h2-9H,10-11H2,1H3. The van der Waals surface area contributed by atoms with Gasteiger partial charge in [0.2, 0.25) is 0 Å². The van der Waals surface area contributed by atoms with E-state index in [0.717, 1.165) is 10.0 Å². The highest BCUT2D eigenvalue weighted by atomic mass is 79.9. The number of halogens is 1. The van der Waals surface area contributed by atoms with Gasteiger partial charge in [0.25, 0.3) is 0 Å². The number of benzene rings is 2. The molecule has 0 atom stereocenters. The van der Waals surface area contributed by atoms with Crippen LogP contribution in [0.3, 0.4) is 0 Å². The van der Waals surface area contributed by atoms with Gasteiger partial charge in [-0.15, -0.1) is 0 Å². The zero-order valence-electron chi connectivity index (χ0n) is 11.5. The first-order valence-corrected chi connectivity index (χ1v) is 9.02. The average Bonchev–Trinajstić information content (AvgIpc) is 2.37. The fraction of sp³-hybridized carbons (Fsp3) is 0.188. The van der Waals surface area contributed by atoms with Gasteiger partial charge in [0, 0.05) is 10.0 Å². The summed E-state index contributed by atoms with van der Waals surface area (Å²) in [6, 6.07) is 14.1. The van der Waals surface area contributed by atoms with Gasteiger partial charge >= 0.3 is 0 Å². The summed E-state index contributed by atoms with van der Waals surface area (Å²) in [7, 11) is -3.48. The molecule has 0 aliphatic carbocycles. The van der Waals surface area contributed by atoms with Crippen LogP contribution in [0.5, 0.6) is 0 Å². The van der Waals surface area contributed by atoms with Gasteiger partial charge in [-0.3, -0.25) is 4.79 Å². The summed E-state index contributed by atoms with van der Waals surface area (Å²) in [6.07, 6.45) is 0. The summed E-state index contributed by atoms with van der Waals surface area (Å²) in [5.74, 6) is -0.977. The summed E-state index contributed by atoms with van der Waals surface area (Å²) in [4.78, 5) is 12.1. The molecule has 0 spiro atoms. The van der Waals surface area contributed by atoms with Crippen molar-refractivity contribution in [2.45, 2.75) is 12.7 Å². The molecule has 5 heteroatoms. The molecule has 0 bridgehead atoms. The van der Waals surface area contributed by atoms with Gasteiger partial charge in [-0.25, -0.2) is 8.42 Å². The maximum Gasteiger partial charge on any atom is 0.177 e. The molecular formula is C16H15BrO3S. The molecule has 0 aliphatic heterocycles. The van der Waals surface area contributed by atoms with Gasteiger partial charge in [0.1, 0.15) is 5.75 Å². The fourth-order valence-corrected chi connectivity index (χ4v) is 3.81. The maximum atomic E-state index is 12.1. The number of carbonyl (C=O) groups is 1. The van der Waals surface area contributed by atoms with Gasteiger partial charge in [-0.2, -0.15) is 0 Å². The molecule has 0 amide bonds. The highest BCUT2D eigenvalue weighted by Gasteiger charge is 2.19. The average molecular weight is 367 g/mol. The third-order valence-electron chi connectivity index (χ3n) is 2.97. The minimum atomic E-state index is -3.48. The minimum absolute atomic E-state index is 0.117. The third kappa shape index (κ3) is 4.79. The molecule has 0 saturated heterocycles. The summed E-state index contributed by atoms with van der Waals surface area (Å²) in [6.45, 7) is 1.91. The van der Waals surface area contributed by atoms with Crippen molar-refractivity contribution < 1.29 is 13.2 Å². The van der Waals surface area contributed by atoms with Gasteiger partial charge in [-0.1, -0.05) is 57.9 Å². The molecule has 3 nitrogen and oxygen atoms in total. The molecule has 21 heavy (non-hydrogen) atoms. The van der Waals surface area contributed by atoms with Gasteiger partial charge in [0.05, 0.1) is 5.75 Å². The van der Waals surface area contributed by atoms with Gasteiger partial charge in [-0.05, 0) is 24.6 Å². The lowest BCUT2D eigenvalue weighted by Crippen LogP contribution is -2.18. The fourth-order valence-electron chi connectivity index (χ4n) is 2.05. The van der Waals surface area contributed by atoms with Crippen molar-refractivity contribution >= 4 is 31.6 Å². The van der Waals surface area contributed by atoms with Crippen LogP contribution in [0.15, 0.2) is 53.0 Å². The van der Waals surface area contributed by atoms with Crippen molar-refractivity contribution in [1.82, 2.24) is 0 Å². The van der Waals surface area contributed by atoms with E-state index in [1.165, 1.54) is 0 Å². The Bertz CT molecular complexity index is 767. The van der Waals surface area contributed by atoms with Crippen molar-refractivity contribution in [3.8, 4) is 0 Å². The zero-order chi connectivity index (χ0) is 15.5. The predicted molar refractivity (Wildman–Crippen MR) is 87.1 cm³/mol. The maximum absolute atomic E-state index is 12.1. The lowest BCUT2D eigenvalue weighted by atomic mass is 10.1. The number of sulfone groups is 1. The first-order valence-electron chi connectivity index (χ1n) is 6.40. The molecule has 0 fully saturated rings. The van der Waals surface area contributed by atoms with E-state index in [0.29, 0.717) is 11.1 Å². The van der Waals surface area contributed by atoms with E-state index < -0.39 is 15.6 Å². The summed E-state index contributed by atoms with van der Waals surface area (Å²) >= 11 is 3.27. The van der Waals surface area contributed by atoms with Gasteiger partial charge < -0.3 is 0 Å². The van der Waals surface area contributed by atoms with E-state index >= 15 is 0 Å². The molecule has 0 heterocycles. The zero-order valence-corrected chi connectivity index (χ0v) is 13.9. The highest BCUT2D eigenvalue weighted by Crippen LogP contribution is 2.14. The van der Waals surface area contributed by atoms with E-state index in [9.17, 15) is 13.2 Å². The van der Waals surface area contributed by atoms with Crippen LogP contribution in [0.2, 0.25) is 0 Å². The number of ketones is 1. The Hall–Kier alpha value is -1.46. The van der Waals surface area contributed by atoms with Crippen LogP contribution >= 0.6 is 15.9 Å². The topological polar surface area (TPSA) is 51.2 Å². The van der Waals surface area contributed by atoms with E-state index in [4.69, 9.17) is 0 Å². The Balaban J connectivity index is 2.12. The molecule has 2 aromatic carbocycles. The Morgan fingerprint density at radius 3 is 2.48 bits per heavy atom. The summed E-state index contributed by atoms with van der Waals surface area (Å²) < 4.78 is 25.0. The van der Waals surface area contributed by atoms with Crippen LogP contribution in [0.1, 0.15) is 21.5 Å². The molecule has 0 aliphatic rings. The van der Waals surface area contributed by atoms with E-state index in [-0.39, 0.29) is 11.5 Å². The molecule has 0 unspecified atom stereocenters. The van der Waals surface area contributed by atoms with Crippen LogP contribution in [0, 0.1) is 6.92 Å². The van der Waals surface area contributed by atoms with E-state index in [2.05, 4.69) is 15.9 Å². The Morgan fingerprint density at radius 1 is 1.10 bits per heavy atom. The summed E-state index contributed by atoms with van der Waals surface area (Å²) in [5.41, 5.74) is 2.11. The number of hydrogen-bond acceptors (Lipinski definition) is 3. The monoisotopic (exact) mass is 366 g/mol. The van der Waals surface area contributed by atoms with Crippen LogP contribution in [0.25, 0.3) is 0 Å². The molecule has 2 rings (SSSR count). The second-order valence-electron chi connectivity index (χ2n) is 4.95. The van der Waals surface area contributed by atoms with Crippen molar-refractivity contribution in [1.29, 1.82) is 0 Å². The van der Waals surface area contributed by atoms with E-state index in [1.54, 1.807) is 30.3 Å². The van der Waals surface area contributed by atoms with Crippen LogP contribution < -0.4 is 0 Å². The molecule has 0 aromatic heterocycles. The number of rotatable bonds is 5. The Kier molecular flexibility index (Phi) is 4.96. The molecular weight excluding hydrogens is 352 g/mol. The smallest absolute Gasteiger partial charge is 0.177 e. The van der Waals surface area contributed by atoms with E-state index in [1.807, 2.05) is 25.1 Å². The predicted octanol–water partition coefficient (Wildman–Crippen LogP) is 3.56. The Morgan fingerprint density at radius 2 is 1.81 bits per heavy atom. The van der Waals surface area contributed by atoms with Crippen LogP contribution in [-0.4, -0.2) is 20.0 Å². The number of aryl methyl sites for hydroxylation is 1. The second kappa shape index (κ2) is 6.54. The van der Waals surface area contributed by atoms with Crippen LogP contribution in [-0.2, 0) is 15.6 Å². The third-order valence-corrected chi connectivity index (χ3v) is 4.94. The lowest BCUT2D eigenvalue weighted by molar-refractivity contribution is 0.102. The second-order valence-corrected chi connectivity index (χ2v) is 7.93. The van der Waals surface area contributed by atoms with Gasteiger partial charge in [0.15, 0.2) is 15.6 Å². The molecule has 0 saturated carbocycles. The first-order chi connectivity index (χ1) is 9.85. The summed E-state index contributed by atoms with van der Waals surface area (Å²) in [5, 5.41) is 0. The number of carbonyl (C=O) groups excluding carboxylic acids is 1. The number of Topliss-reactive ketones (excluding diaryl/α,β-unsaturated/α-hetero) is 1.